The Balaban J connectivity index is 1.58. The summed E-state index contributed by atoms with van der Waals surface area (Å²) < 4.78 is 7.46. The van der Waals surface area contributed by atoms with Crippen LogP contribution in [0.5, 0.6) is 0 Å². The van der Waals surface area contributed by atoms with Crippen LogP contribution in [0, 0.1) is 0 Å². The monoisotopic (exact) mass is 386 g/mol. The van der Waals surface area contributed by atoms with Crippen molar-refractivity contribution in [1.29, 1.82) is 0 Å². The number of likely N-dealkylation sites (tertiary alicyclic amines) is 1. The Kier molecular flexibility index (Phi) is 5.76. The van der Waals surface area contributed by atoms with Crippen molar-refractivity contribution in [2.45, 2.75) is 45.9 Å². The molecule has 3 rings (SSSR count). The average Bonchev–Trinajstić information content (AvgIpc) is 2.90. The molecule has 0 unspecified atom stereocenters. The molecule has 8 heteroatoms. The fourth-order valence-electron chi connectivity index (χ4n) is 3.05. The maximum absolute atomic E-state index is 12.1. The number of nitrogens with one attached hydrogen (secondary N) is 2. The smallest absolute Gasteiger partial charge is 0.410 e. The number of aryl methyl sites for hydroxylation is 1. The summed E-state index contributed by atoms with van der Waals surface area (Å²) in [7, 11) is 2.01. The number of hydrogen-bond acceptors (Lipinski definition) is 4. The van der Waals surface area contributed by atoms with Gasteiger partial charge in [-0.15, -0.1) is 0 Å². The van der Waals surface area contributed by atoms with Crippen molar-refractivity contribution in [2.75, 3.05) is 19.6 Å². The van der Waals surface area contributed by atoms with Gasteiger partial charge in [0, 0.05) is 26.7 Å². The van der Waals surface area contributed by atoms with Gasteiger partial charge in [-0.25, -0.2) is 14.8 Å². The van der Waals surface area contributed by atoms with E-state index in [1.54, 1.807) is 4.90 Å². The molecule has 1 aromatic heterocycles. The lowest BCUT2D eigenvalue weighted by Crippen LogP contribution is -2.63. The normalized spacial score (nSPS) is 15.5. The van der Waals surface area contributed by atoms with Crippen LogP contribution < -0.4 is 10.6 Å². The maximum Gasteiger partial charge on any atom is 0.410 e. The second-order valence-electron chi connectivity index (χ2n) is 8.00. The molecule has 1 aliphatic rings. The largest absolute Gasteiger partial charge is 0.444 e. The number of rotatable bonds is 4. The van der Waals surface area contributed by atoms with Crippen LogP contribution in [-0.4, -0.2) is 57.8 Å². The fraction of sp³-hybridized carbons (Fsp3) is 0.550. The van der Waals surface area contributed by atoms with Gasteiger partial charge < -0.3 is 24.8 Å². The zero-order valence-corrected chi connectivity index (χ0v) is 17.3. The van der Waals surface area contributed by atoms with Crippen molar-refractivity contribution in [2.24, 2.45) is 12.0 Å². The lowest BCUT2D eigenvalue weighted by molar-refractivity contribution is 0.00701. The molecule has 2 aromatic rings. The molecule has 0 bridgehead atoms. The molecule has 0 aliphatic carbocycles. The number of carbonyl (C=O) groups excluding carboxylic acids is 1. The second kappa shape index (κ2) is 8.08. The highest BCUT2D eigenvalue weighted by atomic mass is 16.6. The third-order valence-corrected chi connectivity index (χ3v) is 4.48. The minimum Gasteiger partial charge on any atom is -0.444 e. The van der Waals surface area contributed by atoms with Gasteiger partial charge in [-0.05, 0) is 39.8 Å². The minimum atomic E-state index is -0.475. The van der Waals surface area contributed by atoms with Gasteiger partial charge in [0.25, 0.3) is 0 Å². The Hall–Kier alpha value is -2.77. The zero-order valence-electron chi connectivity index (χ0n) is 17.3. The summed E-state index contributed by atoms with van der Waals surface area (Å²) in [4.78, 5) is 23.1. The number of aliphatic imine (C=N–C) groups is 1. The first-order valence-electron chi connectivity index (χ1n) is 9.70. The molecule has 2 heterocycles. The van der Waals surface area contributed by atoms with Crippen LogP contribution >= 0.6 is 0 Å². The van der Waals surface area contributed by atoms with Crippen LogP contribution in [0.3, 0.4) is 0 Å². The summed E-state index contributed by atoms with van der Waals surface area (Å²) >= 11 is 0. The van der Waals surface area contributed by atoms with Crippen molar-refractivity contribution in [3.8, 4) is 0 Å². The van der Waals surface area contributed by atoms with Gasteiger partial charge in [0.05, 0.1) is 17.1 Å². The molecule has 2 N–H and O–H groups in total. The molecule has 1 fully saturated rings. The van der Waals surface area contributed by atoms with E-state index in [0.717, 1.165) is 29.4 Å². The molecule has 1 aromatic carbocycles. The fourth-order valence-corrected chi connectivity index (χ4v) is 3.05. The predicted molar refractivity (Wildman–Crippen MR) is 110 cm³/mol. The van der Waals surface area contributed by atoms with Crippen molar-refractivity contribution in [1.82, 2.24) is 25.1 Å². The van der Waals surface area contributed by atoms with Crippen LogP contribution in [0.2, 0.25) is 0 Å². The third-order valence-electron chi connectivity index (χ3n) is 4.48. The average molecular weight is 387 g/mol. The minimum absolute atomic E-state index is 0.158. The van der Waals surface area contributed by atoms with E-state index in [9.17, 15) is 4.79 Å². The summed E-state index contributed by atoms with van der Waals surface area (Å²) in [6, 6.07) is 8.21. The molecule has 0 saturated carbocycles. The predicted octanol–water partition coefficient (Wildman–Crippen LogP) is 2.25. The van der Waals surface area contributed by atoms with Crippen molar-refractivity contribution in [3.63, 3.8) is 0 Å². The summed E-state index contributed by atoms with van der Waals surface area (Å²) in [5.74, 6) is 1.63. The Morgan fingerprint density at radius 2 is 2.04 bits per heavy atom. The number of hydrogen-bond donors (Lipinski definition) is 2. The number of amides is 1. The number of guanidine groups is 1. The SMILES string of the molecule is CCNC(=NCc1nc2ccccc2n1C)NC1CN(C(=O)OC(C)(C)C)C1. The molecule has 28 heavy (non-hydrogen) atoms. The lowest BCUT2D eigenvalue weighted by Gasteiger charge is -2.40. The molecular weight excluding hydrogens is 356 g/mol. The number of benzene rings is 1. The molecule has 0 radical (unpaired) electrons. The van der Waals surface area contributed by atoms with Crippen molar-refractivity contribution < 1.29 is 9.53 Å². The number of imidazole rings is 1. The number of carbonyl (C=O) groups is 1. The topological polar surface area (TPSA) is 83.8 Å². The maximum atomic E-state index is 12.1. The van der Waals surface area contributed by atoms with Gasteiger partial charge in [-0.3, -0.25) is 0 Å². The summed E-state index contributed by atoms with van der Waals surface area (Å²) in [5, 5.41) is 6.63. The number of nitrogens with zero attached hydrogens (tertiary/aromatic N) is 4. The summed E-state index contributed by atoms with van der Waals surface area (Å²) in [6.45, 7) is 10.1. The second-order valence-corrected chi connectivity index (χ2v) is 8.00. The van der Waals surface area contributed by atoms with Gasteiger partial charge in [0.2, 0.25) is 0 Å². The van der Waals surface area contributed by atoms with E-state index >= 15 is 0 Å². The molecule has 8 nitrogen and oxygen atoms in total. The van der Waals surface area contributed by atoms with Crippen LogP contribution in [-0.2, 0) is 18.3 Å². The Morgan fingerprint density at radius 1 is 1.32 bits per heavy atom. The first kappa shape index (κ1) is 20.0. The molecular formula is C20H30N6O2. The van der Waals surface area contributed by atoms with Crippen LogP contribution in [0.25, 0.3) is 11.0 Å². The first-order valence-corrected chi connectivity index (χ1v) is 9.70. The van der Waals surface area contributed by atoms with E-state index in [1.165, 1.54) is 0 Å². The van der Waals surface area contributed by atoms with Crippen LogP contribution in [0.15, 0.2) is 29.3 Å². The molecule has 152 valence electrons. The number of para-hydroxylation sites is 2. The zero-order chi connectivity index (χ0) is 20.3. The highest BCUT2D eigenvalue weighted by Gasteiger charge is 2.34. The lowest BCUT2D eigenvalue weighted by atomic mass is 10.1. The quantitative estimate of drug-likeness (QED) is 0.622. The van der Waals surface area contributed by atoms with Gasteiger partial charge in [0.1, 0.15) is 18.0 Å². The molecule has 0 atom stereocenters. The van der Waals surface area contributed by atoms with Gasteiger partial charge >= 0.3 is 6.09 Å². The number of ether oxygens (including phenoxy) is 1. The van der Waals surface area contributed by atoms with E-state index in [1.807, 2.05) is 52.9 Å². The van der Waals surface area contributed by atoms with Gasteiger partial charge in [0.15, 0.2) is 5.96 Å². The Bertz CT molecular complexity index is 861. The molecule has 0 spiro atoms. The number of aromatic nitrogens is 2. The van der Waals surface area contributed by atoms with E-state index in [2.05, 4.69) is 31.2 Å². The van der Waals surface area contributed by atoms with E-state index < -0.39 is 5.60 Å². The Labute approximate surface area is 166 Å². The van der Waals surface area contributed by atoms with E-state index in [4.69, 9.17) is 4.74 Å². The summed E-state index contributed by atoms with van der Waals surface area (Å²) in [5.41, 5.74) is 1.59. The Morgan fingerprint density at radius 3 is 2.68 bits per heavy atom. The molecule has 1 aliphatic heterocycles. The first-order chi connectivity index (χ1) is 13.3. The summed E-state index contributed by atoms with van der Waals surface area (Å²) in [6.07, 6.45) is -0.271. The molecule has 1 amide bonds. The van der Waals surface area contributed by atoms with E-state index in [0.29, 0.717) is 19.6 Å². The standard InChI is InChI=1S/C20H30N6O2/c1-6-21-18(23-14-12-26(13-14)19(27)28-20(2,3)4)22-11-17-24-15-9-7-8-10-16(15)25(17)5/h7-10,14H,6,11-13H2,1-5H3,(H2,21,22,23). The highest BCUT2D eigenvalue weighted by molar-refractivity contribution is 5.81. The van der Waals surface area contributed by atoms with E-state index in [-0.39, 0.29) is 12.1 Å². The molecule has 1 saturated heterocycles. The highest BCUT2D eigenvalue weighted by Crippen LogP contribution is 2.16. The van der Waals surface area contributed by atoms with Gasteiger partial charge in [-0.1, -0.05) is 12.1 Å². The van der Waals surface area contributed by atoms with Crippen LogP contribution in [0.4, 0.5) is 4.79 Å². The van der Waals surface area contributed by atoms with Crippen molar-refractivity contribution >= 4 is 23.1 Å². The number of fused-ring (bicyclic) bond motifs is 1. The van der Waals surface area contributed by atoms with Gasteiger partial charge in [-0.2, -0.15) is 0 Å². The third kappa shape index (κ3) is 4.74. The van der Waals surface area contributed by atoms with Crippen LogP contribution in [0.1, 0.15) is 33.5 Å². The van der Waals surface area contributed by atoms with Crippen molar-refractivity contribution in [3.05, 3.63) is 30.1 Å².